The molecule has 3 heteroatoms. The van der Waals surface area contributed by atoms with Crippen molar-refractivity contribution >= 4 is 22.6 Å². The molecule has 0 saturated heterocycles. The van der Waals surface area contributed by atoms with E-state index in [2.05, 4.69) is 4.93 Å². The van der Waals surface area contributed by atoms with Crippen molar-refractivity contribution in [2.45, 2.75) is 0 Å². The Balaban J connectivity index is -0.00000000500. The topological polar surface area (TPSA) is 0 Å². The predicted octanol–water partition coefficient (Wildman–Crippen LogP) is -1.79. The molecule has 0 aromatic heterocycles. The van der Waals surface area contributed by atoms with Crippen LogP contribution in [0.2, 0.25) is 0 Å². The van der Waals surface area contributed by atoms with Crippen LogP contribution in [0.3, 0.4) is 0 Å². The molecule has 0 aromatic rings. The van der Waals surface area contributed by atoms with E-state index < -0.39 is 0 Å². The van der Waals surface area contributed by atoms with Crippen LogP contribution in [0.1, 0.15) is 0 Å². The number of rotatable bonds is 0. The molecule has 0 atom stereocenters. The van der Waals surface area contributed by atoms with Gasteiger partial charge in [-0.25, -0.2) is 0 Å². The van der Waals surface area contributed by atoms with Crippen LogP contribution in [0, 0.1) is 4.93 Å². The number of halogens is 1. The average Bonchev–Trinajstić information content (AvgIpc) is 1.00. The van der Waals surface area contributed by atoms with Gasteiger partial charge in [0.15, 0.2) is 0 Å². The minimum atomic E-state index is 0. The van der Waals surface area contributed by atoms with E-state index in [1.165, 1.54) is 0 Å². The first-order chi connectivity index (χ1) is 1.00. The minimum absolute atomic E-state index is 0. The minimum Gasteiger partial charge on any atom is -0.319 e. The molecule has 0 heterocycles. The largest absolute Gasteiger partial charge is 1.00 e. The molecule has 0 rings (SSSR count). The Morgan fingerprint density at radius 3 is 1.25 bits per heavy atom. The molecule has 0 fully saturated rings. The van der Waals surface area contributed by atoms with Crippen molar-refractivity contribution in [2.24, 2.45) is 0 Å². The molecule has 0 nitrogen and oxygen atoms in total. The van der Waals surface area contributed by atoms with E-state index in [9.17, 15) is 0 Å². The molecular weight excluding hydrogens is 267 g/mol. The molecule has 1 radical (unpaired) electrons. The predicted molar refractivity (Wildman–Crippen MR) is 19.4 cm³/mol. The summed E-state index contributed by atoms with van der Waals surface area (Å²) in [5, 5.41) is 0. The Labute approximate surface area is 108 Å². The first-order valence-corrected chi connectivity index (χ1v) is 1.79. The quantitative estimate of drug-likeness (QED) is 0.277. The molecule has 0 saturated carbocycles. The fraction of sp³-hybridized carbons (Fsp3) is 0. The summed E-state index contributed by atoms with van der Waals surface area (Å²) in [4.78, 5) is 3.22. The zero-order valence-electron chi connectivity index (χ0n) is 2.66. The van der Waals surface area contributed by atoms with Crippen LogP contribution in [0.25, 0.3) is 0 Å². The third-order valence-corrected chi connectivity index (χ3v) is 0. The Morgan fingerprint density at radius 1 is 1.25 bits per heavy atom. The smallest absolute Gasteiger partial charge is 0.319 e. The second-order valence-electron chi connectivity index (χ2n) is 0. The van der Waals surface area contributed by atoms with E-state index in [1.807, 2.05) is 22.6 Å². The van der Waals surface area contributed by atoms with E-state index >= 15 is 0 Å². The Kier molecular flexibility index (Phi) is 62.9. The van der Waals surface area contributed by atoms with E-state index in [-0.39, 0.29) is 84.1 Å². The monoisotopic (exact) mass is 269 g/mol. The van der Waals surface area contributed by atoms with Crippen LogP contribution in [0.5, 0.6) is 0 Å². The first-order valence-electron chi connectivity index (χ1n) is 0.267. The van der Waals surface area contributed by atoms with Gasteiger partial charge in [-0.15, -0.1) is 0 Å². The van der Waals surface area contributed by atoms with Crippen LogP contribution in [-0.4, -0.2) is 0 Å². The maximum Gasteiger partial charge on any atom is 1.00 e. The maximum absolute atomic E-state index is 3.22. The van der Waals surface area contributed by atoms with Crippen molar-refractivity contribution in [3.8, 4) is 0 Å². The van der Waals surface area contributed by atoms with E-state index in [0.717, 1.165) is 0 Å². The van der Waals surface area contributed by atoms with Gasteiger partial charge in [-0.1, -0.05) is 0 Å². The zero-order valence-corrected chi connectivity index (χ0v) is 10.8. The van der Waals surface area contributed by atoms with Crippen LogP contribution in [0.4, 0.5) is 0 Å². The molecule has 4 heavy (non-hydrogen) atoms. The Morgan fingerprint density at radius 2 is 1.25 bits per heavy atom. The van der Waals surface area contributed by atoms with E-state index in [4.69, 9.17) is 0 Å². The van der Waals surface area contributed by atoms with Gasteiger partial charge in [0.05, 0.1) is 0 Å². The van der Waals surface area contributed by atoms with Crippen LogP contribution in [0.15, 0.2) is 0 Å². The van der Waals surface area contributed by atoms with E-state index in [0.29, 0.717) is 0 Å². The third kappa shape index (κ3) is 9.08. The van der Waals surface area contributed by atoms with Gasteiger partial charge in [0, 0.05) is 32.7 Å². The first kappa shape index (κ1) is 15.6. The summed E-state index contributed by atoms with van der Waals surface area (Å²) in [6.07, 6.45) is 0. The molecule has 0 aromatic carbocycles. The molecule has 0 aliphatic heterocycles. The van der Waals surface area contributed by atoms with Crippen molar-refractivity contribution in [3.63, 3.8) is 0 Å². The molecule has 0 aliphatic rings. The maximum atomic E-state index is 3.22. The van der Waals surface area contributed by atoms with Gasteiger partial charge < -0.3 is 22.6 Å². The SMILES string of the molecule is [CH2-]I.[K+].[Y]. The van der Waals surface area contributed by atoms with Gasteiger partial charge in [0.1, 0.15) is 0 Å². The van der Waals surface area contributed by atoms with Crippen LogP contribution >= 0.6 is 22.6 Å². The van der Waals surface area contributed by atoms with Gasteiger partial charge >= 0.3 is 51.4 Å². The van der Waals surface area contributed by atoms with E-state index in [1.54, 1.807) is 0 Å². The summed E-state index contributed by atoms with van der Waals surface area (Å²) in [5.41, 5.74) is 0. The van der Waals surface area contributed by atoms with Crippen molar-refractivity contribution in [1.82, 2.24) is 0 Å². The summed E-state index contributed by atoms with van der Waals surface area (Å²) < 4.78 is 0. The molecule has 0 amide bonds. The summed E-state index contributed by atoms with van der Waals surface area (Å²) >= 11 is 1.90. The molecule has 0 unspecified atom stereocenters. The van der Waals surface area contributed by atoms with Gasteiger partial charge in [0.2, 0.25) is 0 Å². The summed E-state index contributed by atoms with van der Waals surface area (Å²) in [6.45, 7) is 0. The molecule has 0 bridgehead atoms. The van der Waals surface area contributed by atoms with Gasteiger partial charge in [0.25, 0.3) is 0 Å². The zero-order chi connectivity index (χ0) is 2.00. The van der Waals surface area contributed by atoms with Crippen LogP contribution < -0.4 is 51.4 Å². The van der Waals surface area contributed by atoms with Crippen molar-refractivity contribution in [1.29, 1.82) is 0 Å². The second kappa shape index (κ2) is 16.1. The van der Waals surface area contributed by atoms with Crippen molar-refractivity contribution in [2.75, 3.05) is 0 Å². The van der Waals surface area contributed by atoms with Gasteiger partial charge in [-0.05, 0) is 0 Å². The molecule has 0 N–H and O–H groups in total. The molecular formula is CH2IKY. The third-order valence-electron chi connectivity index (χ3n) is 0. The van der Waals surface area contributed by atoms with Gasteiger partial charge in [-0.3, -0.25) is 4.93 Å². The molecule has 17 valence electrons. The standard InChI is InChI=1S/CH2I.K.Y/c1-2;;/h1H2;;/q-1;+1;. The summed E-state index contributed by atoms with van der Waals surface area (Å²) in [7, 11) is 0. The number of hydrogen-bond donors (Lipinski definition) is 0. The Hall–Kier alpha value is 3.47. The average molecular weight is 269 g/mol. The molecule has 0 spiro atoms. The van der Waals surface area contributed by atoms with Crippen molar-refractivity contribution < 1.29 is 84.1 Å². The Bertz CT molecular complexity index is 8.00. The molecule has 0 aliphatic carbocycles. The second-order valence-corrected chi connectivity index (χ2v) is 0. The van der Waals surface area contributed by atoms with Crippen molar-refractivity contribution in [3.05, 3.63) is 4.93 Å². The summed E-state index contributed by atoms with van der Waals surface area (Å²) in [5.74, 6) is 0. The normalized spacial score (nSPS) is 1.50. The van der Waals surface area contributed by atoms with Gasteiger partial charge in [-0.2, -0.15) is 0 Å². The fourth-order valence-electron chi connectivity index (χ4n) is 0. The summed E-state index contributed by atoms with van der Waals surface area (Å²) in [6, 6.07) is 0. The fourth-order valence-corrected chi connectivity index (χ4v) is 0. The van der Waals surface area contributed by atoms with Crippen LogP contribution in [-0.2, 0) is 32.7 Å². The number of hydrogen-bond acceptors (Lipinski definition) is 0.